The third kappa shape index (κ3) is 1.69. The van der Waals surface area contributed by atoms with Gasteiger partial charge in [0, 0.05) is 0 Å². The lowest BCUT2D eigenvalue weighted by Crippen LogP contribution is -2.50. The quantitative estimate of drug-likeness (QED) is 0.718. The number of carbonyl (C=O) groups is 1. The maximum absolute atomic E-state index is 11.3. The molecule has 0 aromatic heterocycles. The van der Waals surface area contributed by atoms with Crippen LogP contribution in [0.3, 0.4) is 0 Å². The van der Waals surface area contributed by atoms with Gasteiger partial charge in [0.2, 0.25) is 0 Å². The number of nitrogens with one attached hydrogen (secondary N) is 1. The molecule has 2 amide bonds. The summed E-state index contributed by atoms with van der Waals surface area (Å²) in [4.78, 5) is 15.1. The van der Waals surface area contributed by atoms with Crippen molar-refractivity contribution >= 4 is 11.9 Å². The number of hydrogen-bond donors (Lipinski definition) is 2. The number of aliphatic imine (C=N–C) groups is 1. The zero-order valence-electron chi connectivity index (χ0n) is 9.52. The molecule has 3 N–H and O–H groups in total. The van der Waals surface area contributed by atoms with E-state index < -0.39 is 0 Å². The summed E-state index contributed by atoms with van der Waals surface area (Å²) in [6.07, 6.45) is 11.8. The first-order valence-electron chi connectivity index (χ1n) is 5.98. The van der Waals surface area contributed by atoms with Gasteiger partial charge in [-0.2, -0.15) is 4.99 Å². The second-order valence-corrected chi connectivity index (χ2v) is 4.62. The predicted molar refractivity (Wildman–Crippen MR) is 66.6 cm³/mol. The molecule has 0 aromatic rings. The molecule has 3 aliphatic rings. The van der Waals surface area contributed by atoms with Gasteiger partial charge in [-0.3, -0.25) is 0 Å². The first-order valence-corrected chi connectivity index (χ1v) is 5.98. The zero-order chi connectivity index (χ0) is 11.8. The van der Waals surface area contributed by atoms with E-state index in [4.69, 9.17) is 5.73 Å². The van der Waals surface area contributed by atoms with Crippen LogP contribution in [0.15, 0.2) is 40.4 Å². The first-order chi connectivity index (χ1) is 8.25. The van der Waals surface area contributed by atoms with E-state index in [0.29, 0.717) is 5.84 Å². The Kier molecular flexibility index (Phi) is 2.35. The summed E-state index contributed by atoms with van der Waals surface area (Å²) in [5.41, 5.74) is 8.50. The van der Waals surface area contributed by atoms with Crippen LogP contribution in [0.1, 0.15) is 19.3 Å². The van der Waals surface area contributed by atoms with Gasteiger partial charge in [0.25, 0.3) is 0 Å². The smallest absolute Gasteiger partial charge is 0.343 e. The second kappa shape index (κ2) is 3.87. The number of hydrogen-bond acceptors (Lipinski definition) is 2. The fraction of sp³-hybridized carbons (Fsp3) is 0.385. The monoisotopic (exact) mass is 229 g/mol. The van der Waals surface area contributed by atoms with Crippen molar-refractivity contribution in [2.45, 2.75) is 25.3 Å². The van der Waals surface area contributed by atoms with Crippen molar-refractivity contribution in [1.29, 1.82) is 0 Å². The summed E-state index contributed by atoms with van der Waals surface area (Å²) < 4.78 is 0. The highest BCUT2D eigenvalue weighted by atomic mass is 16.2. The molecule has 4 nitrogen and oxygen atoms in total. The van der Waals surface area contributed by atoms with E-state index in [9.17, 15) is 4.79 Å². The summed E-state index contributed by atoms with van der Waals surface area (Å²) in [6.45, 7) is 0. The van der Waals surface area contributed by atoms with Crippen molar-refractivity contribution in [2.75, 3.05) is 0 Å². The molecule has 2 atom stereocenters. The van der Waals surface area contributed by atoms with Crippen LogP contribution in [0, 0.1) is 5.92 Å². The minimum Gasteiger partial charge on any atom is -0.386 e. The lowest BCUT2D eigenvalue weighted by Gasteiger charge is -2.32. The fourth-order valence-corrected chi connectivity index (χ4v) is 2.76. The molecular formula is C13H15N3O. The van der Waals surface area contributed by atoms with Gasteiger partial charge in [-0.25, -0.2) is 4.79 Å². The lowest BCUT2D eigenvalue weighted by molar-refractivity contribution is 0.244. The summed E-state index contributed by atoms with van der Waals surface area (Å²) >= 11 is 0. The highest BCUT2D eigenvalue weighted by molar-refractivity contribution is 5.99. The Morgan fingerprint density at radius 3 is 3.12 bits per heavy atom. The zero-order valence-corrected chi connectivity index (χ0v) is 9.52. The van der Waals surface area contributed by atoms with Crippen LogP contribution in [0.5, 0.6) is 0 Å². The first kappa shape index (κ1) is 10.3. The van der Waals surface area contributed by atoms with Gasteiger partial charge in [0.1, 0.15) is 5.84 Å². The average molecular weight is 229 g/mol. The molecule has 3 rings (SSSR count). The standard InChI is InChI=1S/C13H15N3O/c14-12-11-9(8-4-1-2-5-8)6-3-7-10(11)15-13(17)16-12/h3-4,6-7,10-11H,1-2,5H2,(H3,14,15,16,17). The van der Waals surface area contributed by atoms with Gasteiger partial charge in [-0.15, -0.1) is 0 Å². The molecule has 0 aromatic carbocycles. The van der Waals surface area contributed by atoms with Crippen molar-refractivity contribution in [1.82, 2.24) is 5.32 Å². The van der Waals surface area contributed by atoms with Gasteiger partial charge < -0.3 is 11.1 Å². The Hall–Kier alpha value is -1.84. The van der Waals surface area contributed by atoms with Crippen LogP contribution in [0.4, 0.5) is 4.79 Å². The topological polar surface area (TPSA) is 67.5 Å². The molecule has 2 aliphatic carbocycles. The van der Waals surface area contributed by atoms with E-state index in [0.717, 1.165) is 12.8 Å². The molecule has 17 heavy (non-hydrogen) atoms. The number of fused-ring (bicyclic) bond motifs is 1. The van der Waals surface area contributed by atoms with E-state index in [-0.39, 0.29) is 18.0 Å². The van der Waals surface area contributed by atoms with Crippen LogP contribution in [0.2, 0.25) is 0 Å². The van der Waals surface area contributed by atoms with Gasteiger partial charge in [-0.1, -0.05) is 24.3 Å². The number of rotatable bonds is 1. The fourth-order valence-electron chi connectivity index (χ4n) is 2.76. The Morgan fingerprint density at radius 2 is 2.35 bits per heavy atom. The Labute approximate surface area is 100.0 Å². The lowest BCUT2D eigenvalue weighted by atomic mass is 9.81. The molecule has 0 radical (unpaired) electrons. The number of amides is 2. The molecule has 88 valence electrons. The number of allylic oxidation sites excluding steroid dienone is 4. The minimum atomic E-state index is -0.338. The normalized spacial score (nSPS) is 31.3. The number of urea groups is 1. The van der Waals surface area contributed by atoms with E-state index in [2.05, 4.69) is 22.5 Å². The van der Waals surface area contributed by atoms with Crippen molar-refractivity contribution in [2.24, 2.45) is 16.6 Å². The minimum absolute atomic E-state index is 0.0158. The molecule has 0 bridgehead atoms. The van der Waals surface area contributed by atoms with Gasteiger partial charge >= 0.3 is 6.03 Å². The molecule has 1 aliphatic heterocycles. The Bertz CT molecular complexity index is 485. The molecule has 1 heterocycles. The summed E-state index contributed by atoms with van der Waals surface area (Å²) in [5, 5.41) is 2.84. The largest absolute Gasteiger partial charge is 0.386 e. The van der Waals surface area contributed by atoms with Crippen LogP contribution in [0.25, 0.3) is 0 Å². The van der Waals surface area contributed by atoms with Gasteiger partial charge in [-0.05, 0) is 30.4 Å². The Balaban J connectivity index is 1.99. The molecule has 2 unspecified atom stereocenters. The van der Waals surface area contributed by atoms with E-state index in [1.807, 2.05) is 12.2 Å². The highest BCUT2D eigenvalue weighted by Crippen LogP contribution is 2.34. The van der Waals surface area contributed by atoms with Crippen LogP contribution in [-0.4, -0.2) is 17.9 Å². The molecular weight excluding hydrogens is 214 g/mol. The predicted octanol–water partition coefficient (Wildman–Crippen LogP) is 1.66. The second-order valence-electron chi connectivity index (χ2n) is 4.62. The maximum atomic E-state index is 11.3. The van der Waals surface area contributed by atoms with E-state index in [1.165, 1.54) is 17.6 Å². The van der Waals surface area contributed by atoms with E-state index in [1.54, 1.807) is 0 Å². The van der Waals surface area contributed by atoms with Crippen molar-refractivity contribution in [3.63, 3.8) is 0 Å². The SMILES string of the molecule is NC1=NC(=O)NC2C=CC=C(C3=CCCC3)C12. The molecule has 0 saturated carbocycles. The number of nitrogens with zero attached hydrogens (tertiary/aromatic N) is 1. The summed E-state index contributed by atoms with van der Waals surface area (Å²) in [6, 6.07) is -0.378. The van der Waals surface area contributed by atoms with Crippen LogP contribution >= 0.6 is 0 Å². The number of amidine groups is 1. The summed E-state index contributed by atoms with van der Waals surface area (Å²) in [5.74, 6) is 0.448. The van der Waals surface area contributed by atoms with Crippen molar-refractivity contribution in [3.8, 4) is 0 Å². The molecule has 0 saturated heterocycles. The van der Waals surface area contributed by atoms with Crippen LogP contribution < -0.4 is 11.1 Å². The highest BCUT2D eigenvalue weighted by Gasteiger charge is 2.35. The van der Waals surface area contributed by atoms with Gasteiger partial charge in [0.15, 0.2) is 0 Å². The Morgan fingerprint density at radius 1 is 1.47 bits per heavy atom. The van der Waals surface area contributed by atoms with Crippen molar-refractivity contribution in [3.05, 3.63) is 35.5 Å². The maximum Gasteiger partial charge on any atom is 0.343 e. The van der Waals surface area contributed by atoms with Gasteiger partial charge in [0.05, 0.1) is 12.0 Å². The summed E-state index contributed by atoms with van der Waals surface area (Å²) in [7, 11) is 0. The molecule has 4 heteroatoms. The number of carbonyl (C=O) groups excluding carboxylic acids is 1. The van der Waals surface area contributed by atoms with Crippen LogP contribution in [-0.2, 0) is 0 Å². The third-order valence-electron chi connectivity index (χ3n) is 3.54. The molecule has 0 fully saturated rings. The molecule has 0 spiro atoms. The number of nitrogens with two attached hydrogens (primary N) is 1. The van der Waals surface area contributed by atoms with Crippen molar-refractivity contribution < 1.29 is 4.79 Å². The van der Waals surface area contributed by atoms with E-state index >= 15 is 0 Å². The third-order valence-corrected chi connectivity index (χ3v) is 3.54. The average Bonchev–Trinajstić information content (AvgIpc) is 2.80.